The number of nitrogens with one attached hydrogen (secondary N) is 2. The maximum atomic E-state index is 11.7. The molecule has 0 aliphatic rings. The molecule has 1 rings (SSSR count). The van der Waals surface area contributed by atoms with Gasteiger partial charge in [0, 0.05) is 11.7 Å². The minimum atomic E-state index is -3.64. The van der Waals surface area contributed by atoms with Crippen molar-refractivity contribution in [2.24, 2.45) is 0 Å². The molecule has 1 aromatic rings. The molecular formula is C9H14ClN3O2S. The first kappa shape index (κ1) is 13.2. The third-order valence-corrected chi connectivity index (χ3v) is 3.11. The van der Waals surface area contributed by atoms with E-state index in [0.29, 0.717) is 0 Å². The summed E-state index contributed by atoms with van der Waals surface area (Å²) in [5.74, 6) is 0. The molecule has 1 heterocycles. The molecule has 16 heavy (non-hydrogen) atoms. The van der Waals surface area contributed by atoms with Gasteiger partial charge in [-0.05, 0) is 32.9 Å². The molecule has 7 heteroatoms. The Morgan fingerprint density at radius 1 is 1.38 bits per heavy atom. The van der Waals surface area contributed by atoms with Gasteiger partial charge in [0.25, 0.3) is 10.2 Å². The molecule has 0 aliphatic carbocycles. The standard InChI is InChI=1S/C9H14ClN3O2S/c1-9(2,3)13-16(14,15)12-7-5-4-6-11-8(7)10/h4-6,12-13H,1-3H3. The molecule has 0 radical (unpaired) electrons. The van der Waals surface area contributed by atoms with Crippen LogP contribution in [-0.2, 0) is 10.2 Å². The Morgan fingerprint density at radius 3 is 2.50 bits per heavy atom. The first-order chi connectivity index (χ1) is 7.20. The highest BCUT2D eigenvalue weighted by Crippen LogP contribution is 2.18. The van der Waals surface area contributed by atoms with Crippen LogP contribution in [0.3, 0.4) is 0 Å². The van der Waals surface area contributed by atoms with Gasteiger partial charge in [-0.2, -0.15) is 13.1 Å². The molecule has 0 aliphatic heterocycles. The van der Waals surface area contributed by atoms with Crippen LogP contribution in [0.4, 0.5) is 5.69 Å². The Hall–Kier alpha value is -0.850. The van der Waals surface area contributed by atoms with Gasteiger partial charge in [-0.3, -0.25) is 4.72 Å². The number of nitrogens with zero attached hydrogens (tertiary/aromatic N) is 1. The van der Waals surface area contributed by atoms with Gasteiger partial charge in [0.1, 0.15) is 0 Å². The summed E-state index contributed by atoms with van der Waals surface area (Å²) in [4.78, 5) is 3.77. The maximum absolute atomic E-state index is 11.7. The van der Waals surface area contributed by atoms with E-state index in [4.69, 9.17) is 11.6 Å². The van der Waals surface area contributed by atoms with Gasteiger partial charge < -0.3 is 0 Å². The van der Waals surface area contributed by atoms with Crippen molar-refractivity contribution in [1.29, 1.82) is 0 Å². The second-order valence-electron chi connectivity index (χ2n) is 4.30. The summed E-state index contributed by atoms with van der Waals surface area (Å²) in [6, 6.07) is 3.14. The van der Waals surface area contributed by atoms with E-state index in [1.807, 2.05) is 0 Å². The van der Waals surface area contributed by atoms with Crippen LogP contribution in [0.15, 0.2) is 18.3 Å². The van der Waals surface area contributed by atoms with E-state index in [0.717, 1.165) is 0 Å². The van der Waals surface area contributed by atoms with Crippen molar-refractivity contribution >= 4 is 27.5 Å². The highest BCUT2D eigenvalue weighted by Gasteiger charge is 2.20. The fourth-order valence-corrected chi connectivity index (χ4v) is 2.57. The summed E-state index contributed by atoms with van der Waals surface area (Å²) in [6.45, 7) is 5.24. The second kappa shape index (κ2) is 4.57. The van der Waals surface area contributed by atoms with E-state index in [1.54, 1.807) is 26.8 Å². The van der Waals surface area contributed by atoms with Crippen molar-refractivity contribution in [2.45, 2.75) is 26.3 Å². The molecule has 1 aromatic heterocycles. The van der Waals surface area contributed by atoms with Crippen molar-refractivity contribution in [3.8, 4) is 0 Å². The molecule has 0 bridgehead atoms. The van der Waals surface area contributed by atoms with E-state index in [2.05, 4.69) is 14.4 Å². The summed E-state index contributed by atoms with van der Waals surface area (Å²) in [5, 5.41) is 0.113. The summed E-state index contributed by atoms with van der Waals surface area (Å²) in [7, 11) is -3.64. The molecule has 0 saturated carbocycles. The minimum absolute atomic E-state index is 0.113. The average Bonchev–Trinajstić information content (AvgIpc) is 2.04. The van der Waals surface area contributed by atoms with Crippen LogP contribution in [0.5, 0.6) is 0 Å². The van der Waals surface area contributed by atoms with Gasteiger partial charge >= 0.3 is 0 Å². The Kier molecular flexibility index (Phi) is 3.77. The number of aromatic nitrogens is 1. The summed E-state index contributed by atoms with van der Waals surface area (Å²) in [6.07, 6.45) is 1.48. The van der Waals surface area contributed by atoms with E-state index < -0.39 is 15.7 Å². The zero-order valence-corrected chi connectivity index (χ0v) is 10.9. The fourth-order valence-electron chi connectivity index (χ4n) is 1.04. The van der Waals surface area contributed by atoms with E-state index in [9.17, 15) is 8.42 Å². The van der Waals surface area contributed by atoms with Crippen LogP contribution in [-0.4, -0.2) is 18.9 Å². The molecule has 0 aromatic carbocycles. The predicted molar refractivity (Wildman–Crippen MR) is 64.7 cm³/mol. The molecule has 5 nitrogen and oxygen atoms in total. The molecule has 0 spiro atoms. The quantitative estimate of drug-likeness (QED) is 0.817. The second-order valence-corrected chi connectivity index (χ2v) is 6.07. The van der Waals surface area contributed by atoms with Crippen LogP contribution in [0.1, 0.15) is 20.8 Å². The number of pyridine rings is 1. The highest BCUT2D eigenvalue weighted by atomic mass is 35.5. The molecule has 0 fully saturated rings. The molecule has 0 amide bonds. The van der Waals surface area contributed by atoms with Crippen molar-refractivity contribution in [1.82, 2.24) is 9.71 Å². The summed E-state index contributed by atoms with van der Waals surface area (Å²) >= 11 is 5.74. The zero-order valence-electron chi connectivity index (χ0n) is 9.28. The average molecular weight is 264 g/mol. The van der Waals surface area contributed by atoms with Crippen LogP contribution in [0.2, 0.25) is 5.15 Å². The SMILES string of the molecule is CC(C)(C)NS(=O)(=O)Nc1cccnc1Cl. The Bertz CT molecular complexity index is 468. The lowest BCUT2D eigenvalue weighted by molar-refractivity contribution is 0.494. The lowest BCUT2D eigenvalue weighted by Crippen LogP contribution is -2.43. The number of anilines is 1. The number of hydrogen-bond acceptors (Lipinski definition) is 3. The van der Waals surface area contributed by atoms with Crippen LogP contribution < -0.4 is 9.44 Å². The fraction of sp³-hybridized carbons (Fsp3) is 0.444. The molecule has 0 atom stereocenters. The van der Waals surface area contributed by atoms with Crippen molar-refractivity contribution in [3.05, 3.63) is 23.5 Å². The first-order valence-electron chi connectivity index (χ1n) is 4.62. The third kappa shape index (κ3) is 4.34. The van der Waals surface area contributed by atoms with Gasteiger partial charge in [0.2, 0.25) is 0 Å². The van der Waals surface area contributed by atoms with Crippen LogP contribution in [0.25, 0.3) is 0 Å². The Labute approximate surface area is 100 Å². The smallest absolute Gasteiger partial charge is 0.268 e. The summed E-state index contributed by atoms with van der Waals surface area (Å²) < 4.78 is 28.1. The van der Waals surface area contributed by atoms with Gasteiger partial charge in [0.05, 0.1) is 5.69 Å². The molecular weight excluding hydrogens is 250 g/mol. The number of hydrogen-bond donors (Lipinski definition) is 2. The highest BCUT2D eigenvalue weighted by molar-refractivity contribution is 7.90. The Balaban J connectivity index is 2.86. The minimum Gasteiger partial charge on any atom is -0.268 e. The topological polar surface area (TPSA) is 71.1 Å². The molecule has 0 unspecified atom stereocenters. The lowest BCUT2D eigenvalue weighted by Gasteiger charge is -2.20. The van der Waals surface area contributed by atoms with Crippen molar-refractivity contribution in [2.75, 3.05) is 4.72 Å². The van der Waals surface area contributed by atoms with Gasteiger partial charge in [-0.15, -0.1) is 0 Å². The summed E-state index contributed by atoms with van der Waals surface area (Å²) in [5.41, 5.74) is -0.304. The lowest BCUT2D eigenvalue weighted by atomic mass is 10.1. The Morgan fingerprint density at radius 2 is 2.00 bits per heavy atom. The first-order valence-corrected chi connectivity index (χ1v) is 6.48. The largest absolute Gasteiger partial charge is 0.299 e. The van der Waals surface area contributed by atoms with Crippen LogP contribution in [0, 0.1) is 0 Å². The van der Waals surface area contributed by atoms with Crippen molar-refractivity contribution in [3.63, 3.8) is 0 Å². The maximum Gasteiger partial charge on any atom is 0.299 e. The van der Waals surface area contributed by atoms with E-state index in [1.165, 1.54) is 12.3 Å². The molecule has 90 valence electrons. The monoisotopic (exact) mass is 263 g/mol. The van der Waals surface area contributed by atoms with Crippen molar-refractivity contribution < 1.29 is 8.42 Å². The third-order valence-electron chi connectivity index (χ3n) is 1.44. The van der Waals surface area contributed by atoms with E-state index in [-0.39, 0.29) is 10.8 Å². The van der Waals surface area contributed by atoms with E-state index >= 15 is 0 Å². The number of rotatable bonds is 3. The van der Waals surface area contributed by atoms with Gasteiger partial charge in [-0.25, -0.2) is 4.98 Å². The number of halogens is 1. The molecule has 0 saturated heterocycles. The molecule has 2 N–H and O–H groups in total. The predicted octanol–water partition coefficient (Wildman–Crippen LogP) is 1.78. The van der Waals surface area contributed by atoms with Gasteiger partial charge in [-0.1, -0.05) is 11.6 Å². The van der Waals surface area contributed by atoms with Crippen LogP contribution >= 0.6 is 11.6 Å². The zero-order chi connectivity index (χ0) is 12.4. The van der Waals surface area contributed by atoms with Gasteiger partial charge in [0.15, 0.2) is 5.15 Å². The normalized spacial score (nSPS) is 12.5.